The molecule has 0 amide bonds. The molecule has 1 aromatic carbocycles. The van der Waals surface area contributed by atoms with Gasteiger partial charge in [0.05, 0.1) is 13.2 Å². The van der Waals surface area contributed by atoms with Crippen LogP contribution in [0.3, 0.4) is 0 Å². The lowest BCUT2D eigenvalue weighted by atomic mass is 10.1. The Kier molecular flexibility index (Phi) is 8.18. The van der Waals surface area contributed by atoms with Crippen LogP contribution in [-0.4, -0.2) is 51.3 Å². The van der Waals surface area contributed by atoms with Gasteiger partial charge in [-0.2, -0.15) is 0 Å². The van der Waals surface area contributed by atoms with Crippen LogP contribution in [0.15, 0.2) is 23.2 Å². The van der Waals surface area contributed by atoms with E-state index in [4.69, 9.17) is 9.47 Å². The third-order valence-electron chi connectivity index (χ3n) is 3.03. The molecule has 124 valence electrons. The van der Waals surface area contributed by atoms with E-state index in [9.17, 15) is 0 Å². The number of ether oxygens (including phenoxy) is 2. The first-order valence-electron chi connectivity index (χ1n) is 7.96. The maximum atomic E-state index is 5.65. The van der Waals surface area contributed by atoms with Crippen molar-refractivity contribution in [3.8, 4) is 11.5 Å². The average Bonchev–Trinajstić information content (AvgIpc) is 2.49. The molecule has 5 nitrogen and oxygen atoms in total. The highest BCUT2D eigenvalue weighted by Gasteiger charge is 2.06. The first-order chi connectivity index (χ1) is 10.6. The summed E-state index contributed by atoms with van der Waals surface area (Å²) in [4.78, 5) is 6.60. The second kappa shape index (κ2) is 9.92. The van der Waals surface area contributed by atoms with Crippen LogP contribution in [0.5, 0.6) is 11.5 Å². The lowest BCUT2D eigenvalue weighted by Crippen LogP contribution is -2.36. The van der Waals surface area contributed by atoms with E-state index in [0.717, 1.165) is 37.0 Å². The molecule has 5 heteroatoms. The van der Waals surface area contributed by atoms with E-state index in [-0.39, 0.29) is 0 Å². The zero-order valence-corrected chi connectivity index (χ0v) is 14.5. The summed E-state index contributed by atoms with van der Waals surface area (Å²) < 4.78 is 11.2. The summed E-state index contributed by atoms with van der Waals surface area (Å²) in [5.41, 5.74) is 1.20. The molecule has 0 aliphatic rings. The lowest BCUT2D eigenvalue weighted by molar-refractivity contribution is 0.287. The maximum Gasteiger partial charge on any atom is 0.193 e. The summed E-state index contributed by atoms with van der Waals surface area (Å²) in [7, 11) is 3.98. The molecule has 0 heterocycles. The van der Waals surface area contributed by atoms with E-state index in [0.29, 0.717) is 13.2 Å². The fraction of sp³-hybridized carbons (Fsp3) is 0.588. The van der Waals surface area contributed by atoms with Crippen molar-refractivity contribution in [2.45, 2.75) is 27.2 Å². The maximum absolute atomic E-state index is 5.65. The van der Waals surface area contributed by atoms with Gasteiger partial charge in [-0.1, -0.05) is 6.07 Å². The van der Waals surface area contributed by atoms with Gasteiger partial charge < -0.3 is 19.7 Å². The highest BCUT2D eigenvalue weighted by atomic mass is 16.5. The number of hydrogen-bond acceptors (Lipinski definition) is 3. The highest BCUT2D eigenvalue weighted by Crippen LogP contribution is 2.28. The number of hydrogen-bond donors (Lipinski definition) is 1. The molecular formula is C17H29N3O2. The molecule has 1 rings (SSSR count). The fourth-order valence-corrected chi connectivity index (χ4v) is 2.06. The predicted octanol–water partition coefficient (Wildman–Crippen LogP) is 2.55. The van der Waals surface area contributed by atoms with Gasteiger partial charge in [-0.05, 0) is 44.9 Å². The fourth-order valence-electron chi connectivity index (χ4n) is 2.06. The standard InChI is InChI=1S/C17H29N3O2/c1-6-18-17(20(4)5)19-12-11-14-9-10-15(21-7-2)16(13-14)22-8-3/h9-10,13H,6-8,11-12H2,1-5H3,(H,18,19). The molecule has 1 aromatic rings. The molecule has 0 atom stereocenters. The summed E-state index contributed by atoms with van der Waals surface area (Å²) in [6, 6.07) is 6.10. The van der Waals surface area contributed by atoms with Gasteiger partial charge in [-0.15, -0.1) is 0 Å². The summed E-state index contributed by atoms with van der Waals surface area (Å²) in [6.45, 7) is 8.90. The van der Waals surface area contributed by atoms with Crippen molar-refractivity contribution in [1.82, 2.24) is 10.2 Å². The summed E-state index contributed by atoms with van der Waals surface area (Å²) in [5, 5.41) is 3.26. The average molecular weight is 307 g/mol. The van der Waals surface area contributed by atoms with Gasteiger partial charge in [0.2, 0.25) is 0 Å². The minimum atomic E-state index is 0.632. The smallest absolute Gasteiger partial charge is 0.193 e. The van der Waals surface area contributed by atoms with Crippen molar-refractivity contribution in [3.05, 3.63) is 23.8 Å². The van der Waals surface area contributed by atoms with E-state index >= 15 is 0 Å². The second-order valence-electron chi connectivity index (χ2n) is 5.03. The van der Waals surface area contributed by atoms with E-state index < -0.39 is 0 Å². The first kappa shape index (κ1) is 18.1. The quantitative estimate of drug-likeness (QED) is 0.592. The van der Waals surface area contributed by atoms with Gasteiger partial charge in [-0.25, -0.2) is 0 Å². The SMILES string of the molecule is CCNC(=NCCc1ccc(OCC)c(OCC)c1)N(C)C. The third-order valence-corrected chi connectivity index (χ3v) is 3.03. The van der Waals surface area contributed by atoms with Gasteiger partial charge in [0, 0.05) is 27.2 Å². The van der Waals surface area contributed by atoms with Gasteiger partial charge in [-0.3, -0.25) is 4.99 Å². The van der Waals surface area contributed by atoms with E-state index in [1.807, 2.05) is 45.0 Å². The minimum absolute atomic E-state index is 0.632. The van der Waals surface area contributed by atoms with Crippen molar-refractivity contribution in [2.75, 3.05) is 40.4 Å². The Morgan fingerprint density at radius 2 is 1.77 bits per heavy atom. The largest absolute Gasteiger partial charge is 0.490 e. The Balaban J connectivity index is 2.73. The molecule has 0 saturated carbocycles. The number of benzene rings is 1. The predicted molar refractivity (Wildman–Crippen MR) is 92.1 cm³/mol. The van der Waals surface area contributed by atoms with Crippen LogP contribution in [0.4, 0.5) is 0 Å². The van der Waals surface area contributed by atoms with Crippen molar-refractivity contribution in [1.29, 1.82) is 0 Å². The van der Waals surface area contributed by atoms with Gasteiger partial charge in [0.25, 0.3) is 0 Å². The van der Waals surface area contributed by atoms with Crippen LogP contribution in [0.25, 0.3) is 0 Å². The normalized spacial score (nSPS) is 11.2. The number of guanidine groups is 1. The zero-order valence-electron chi connectivity index (χ0n) is 14.5. The van der Waals surface area contributed by atoms with Crippen LogP contribution in [0, 0.1) is 0 Å². The molecule has 0 spiro atoms. The molecule has 0 bridgehead atoms. The molecule has 0 saturated heterocycles. The van der Waals surface area contributed by atoms with Gasteiger partial charge in [0.15, 0.2) is 17.5 Å². The lowest BCUT2D eigenvalue weighted by Gasteiger charge is -2.16. The van der Waals surface area contributed by atoms with Crippen LogP contribution >= 0.6 is 0 Å². The molecule has 0 aliphatic heterocycles. The summed E-state index contributed by atoms with van der Waals surface area (Å²) >= 11 is 0. The van der Waals surface area contributed by atoms with Gasteiger partial charge in [0.1, 0.15) is 0 Å². The molecular weight excluding hydrogens is 278 g/mol. The monoisotopic (exact) mass is 307 g/mol. The highest BCUT2D eigenvalue weighted by molar-refractivity contribution is 5.79. The van der Waals surface area contributed by atoms with Crippen molar-refractivity contribution < 1.29 is 9.47 Å². The molecule has 0 radical (unpaired) electrons. The van der Waals surface area contributed by atoms with Crippen LogP contribution < -0.4 is 14.8 Å². The van der Waals surface area contributed by atoms with Gasteiger partial charge >= 0.3 is 0 Å². The van der Waals surface area contributed by atoms with Crippen molar-refractivity contribution in [2.24, 2.45) is 4.99 Å². The number of rotatable bonds is 8. The van der Waals surface area contributed by atoms with Crippen molar-refractivity contribution in [3.63, 3.8) is 0 Å². The summed E-state index contributed by atoms with van der Waals surface area (Å²) in [6.07, 6.45) is 0.870. The Morgan fingerprint density at radius 1 is 1.09 bits per heavy atom. The van der Waals surface area contributed by atoms with E-state index in [1.54, 1.807) is 0 Å². The Morgan fingerprint density at radius 3 is 2.36 bits per heavy atom. The Bertz CT molecular complexity index is 473. The van der Waals surface area contributed by atoms with E-state index in [1.165, 1.54) is 5.56 Å². The molecule has 0 unspecified atom stereocenters. The van der Waals surface area contributed by atoms with Crippen LogP contribution in [-0.2, 0) is 6.42 Å². The van der Waals surface area contributed by atoms with E-state index in [2.05, 4.69) is 23.3 Å². The zero-order chi connectivity index (χ0) is 16.4. The molecule has 22 heavy (non-hydrogen) atoms. The number of aliphatic imine (C=N–C) groups is 1. The van der Waals surface area contributed by atoms with Crippen molar-refractivity contribution >= 4 is 5.96 Å². The molecule has 1 N–H and O–H groups in total. The first-order valence-corrected chi connectivity index (χ1v) is 7.96. The minimum Gasteiger partial charge on any atom is -0.490 e. The second-order valence-corrected chi connectivity index (χ2v) is 5.03. The van der Waals surface area contributed by atoms with Crippen LogP contribution in [0.2, 0.25) is 0 Å². The topological polar surface area (TPSA) is 46.1 Å². The third kappa shape index (κ3) is 5.84. The van der Waals surface area contributed by atoms with Crippen LogP contribution in [0.1, 0.15) is 26.3 Å². The Labute approximate surface area is 134 Å². The summed E-state index contributed by atoms with van der Waals surface area (Å²) in [5.74, 6) is 2.53. The number of nitrogens with one attached hydrogen (secondary N) is 1. The Hall–Kier alpha value is -1.91. The molecule has 0 aromatic heterocycles. The molecule has 0 fully saturated rings. The number of nitrogens with zero attached hydrogens (tertiary/aromatic N) is 2. The molecule has 0 aliphatic carbocycles.